The van der Waals surface area contributed by atoms with Crippen molar-refractivity contribution in [2.45, 2.75) is 38.1 Å². The second-order valence-electron chi connectivity index (χ2n) is 6.14. The summed E-state index contributed by atoms with van der Waals surface area (Å²) in [6.45, 7) is 1.02. The second kappa shape index (κ2) is 4.53. The molecule has 0 bridgehead atoms. The summed E-state index contributed by atoms with van der Waals surface area (Å²) >= 11 is 18.3. The van der Waals surface area contributed by atoms with E-state index in [2.05, 4.69) is 9.55 Å². The van der Waals surface area contributed by atoms with Gasteiger partial charge in [0.2, 0.25) is 0 Å². The highest BCUT2D eigenvalue weighted by molar-refractivity contribution is 6.42. The van der Waals surface area contributed by atoms with Gasteiger partial charge in [-0.2, -0.15) is 0 Å². The van der Waals surface area contributed by atoms with Gasteiger partial charge in [-0.05, 0) is 49.1 Å². The molecule has 2 fully saturated rings. The Hall–Kier alpha value is -0.440. The molecular weight excluding hydrogens is 315 g/mol. The summed E-state index contributed by atoms with van der Waals surface area (Å²) in [5.74, 6) is 2.25. The lowest BCUT2D eigenvalue weighted by atomic mass is 10.0. The molecule has 0 N–H and O–H groups in total. The zero-order chi connectivity index (χ0) is 13.9. The number of halogens is 3. The minimum atomic E-state index is 0.421. The average molecular weight is 330 g/mol. The lowest BCUT2D eigenvalue weighted by Crippen LogP contribution is -2.15. The molecule has 106 valence electrons. The molecule has 0 amide bonds. The smallest absolute Gasteiger partial charge is 0.124 e. The van der Waals surface area contributed by atoms with Crippen LogP contribution in [0, 0.1) is 11.3 Å². The van der Waals surface area contributed by atoms with Gasteiger partial charge in [0.25, 0.3) is 0 Å². The molecule has 1 aromatic carbocycles. The van der Waals surface area contributed by atoms with Gasteiger partial charge in [-0.1, -0.05) is 23.2 Å². The Balaban J connectivity index is 1.81. The minimum Gasteiger partial charge on any atom is -0.326 e. The highest BCUT2D eigenvalue weighted by Gasteiger charge is 2.54. The molecule has 0 radical (unpaired) electrons. The Labute approximate surface area is 133 Å². The highest BCUT2D eigenvalue weighted by atomic mass is 35.5. The summed E-state index contributed by atoms with van der Waals surface area (Å²) in [5.41, 5.74) is 2.45. The number of nitrogens with zero attached hydrogens (tertiary/aromatic N) is 2. The molecule has 2 nitrogen and oxygen atoms in total. The summed E-state index contributed by atoms with van der Waals surface area (Å²) in [6.07, 6.45) is 5.44. The molecule has 2 aliphatic carbocycles. The van der Waals surface area contributed by atoms with E-state index in [4.69, 9.17) is 34.8 Å². The molecule has 4 rings (SSSR count). The van der Waals surface area contributed by atoms with Gasteiger partial charge in [0, 0.05) is 6.54 Å². The monoisotopic (exact) mass is 328 g/mol. The predicted molar refractivity (Wildman–Crippen MR) is 83.7 cm³/mol. The molecular formula is C15H15Cl3N2. The van der Waals surface area contributed by atoms with Crippen LogP contribution >= 0.6 is 34.8 Å². The van der Waals surface area contributed by atoms with Crippen molar-refractivity contribution in [1.29, 1.82) is 0 Å². The van der Waals surface area contributed by atoms with E-state index in [0.717, 1.165) is 29.3 Å². The van der Waals surface area contributed by atoms with Crippen molar-refractivity contribution in [1.82, 2.24) is 9.55 Å². The Morgan fingerprint density at radius 2 is 1.90 bits per heavy atom. The molecule has 2 saturated carbocycles. The van der Waals surface area contributed by atoms with Gasteiger partial charge in [0.05, 0.1) is 27.0 Å². The fraction of sp³-hybridized carbons (Fsp3) is 0.533. The van der Waals surface area contributed by atoms with Crippen LogP contribution in [0.2, 0.25) is 10.0 Å². The van der Waals surface area contributed by atoms with Crippen molar-refractivity contribution in [3.63, 3.8) is 0 Å². The number of imidazole rings is 1. The van der Waals surface area contributed by atoms with E-state index < -0.39 is 0 Å². The third-order valence-corrected chi connectivity index (χ3v) is 5.76. The fourth-order valence-corrected chi connectivity index (χ4v) is 3.83. The van der Waals surface area contributed by atoms with Gasteiger partial charge in [-0.15, -0.1) is 11.6 Å². The number of benzene rings is 1. The Morgan fingerprint density at radius 1 is 1.20 bits per heavy atom. The van der Waals surface area contributed by atoms with Crippen LogP contribution in [-0.2, 0) is 12.4 Å². The van der Waals surface area contributed by atoms with Crippen LogP contribution in [-0.4, -0.2) is 9.55 Å². The van der Waals surface area contributed by atoms with E-state index in [1.165, 1.54) is 25.7 Å². The first kappa shape index (κ1) is 13.2. The Kier molecular flexibility index (Phi) is 3.00. The first-order valence-corrected chi connectivity index (χ1v) is 8.32. The number of alkyl halides is 1. The van der Waals surface area contributed by atoms with Crippen LogP contribution in [0.4, 0.5) is 0 Å². The summed E-state index contributed by atoms with van der Waals surface area (Å²) in [4.78, 5) is 4.61. The molecule has 0 atom stereocenters. The fourth-order valence-electron chi connectivity index (χ4n) is 3.32. The summed E-state index contributed by atoms with van der Waals surface area (Å²) < 4.78 is 2.26. The topological polar surface area (TPSA) is 17.8 Å². The maximum Gasteiger partial charge on any atom is 0.124 e. The lowest BCUT2D eigenvalue weighted by molar-refractivity contribution is 0.371. The van der Waals surface area contributed by atoms with Crippen LogP contribution < -0.4 is 0 Å². The van der Waals surface area contributed by atoms with E-state index in [9.17, 15) is 0 Å². The third kappa shape index (κ3) is 2.04. The SMILES string of the molecule is ClCc1nc2cc(Cl)c(Cl)cc2n1CC1(C2CC2)CC1. The second-order valence-corrected chi connectivity index (χ2v) is 7.22. The van der Waals surface area contributed by atoms with Crippen LogP contribution in [0.5, 0.6) is 0 Å². The van der Waals surface area contributed by atoms with Crippen molar-refractivity contribution < 1.29 is 0 Å². The van der Waals surface area contributed by atoms with E-state index in [1.807, 2.05) is 12.1 Å². The van der Waals surface area contributed by atoms with Crippen molar-refractivity contribution in [3.8, 4) is 0 Å². The zero-order valence-corrected chi connectivity index (χ0v) is 13.3. The van der Waals surface area contributed by atoms with Crippen LogP contribution in [0.3, 0.4) is 0 Å². The molecule has 20 heavy (non-hydrogen) atoms. The number of hydrogen-bond acceptors (Lipinski definition) is 1. The van der Waals surface area contributed by atoms with Crippen molar-refractivity contribution in [2.75, 3.05) is 0 Å². The minimum absolute atomic E-state index is 0.421. The van der Waals surface area contributed by atoms with Gasteiger partial charge in [0.15, 0.2) is 0 Å². The Morgan fingerprint density at radius 3 is 2.50 bits per heavy atom. The number of fused-ring (bicyclic) bond motifs is 1. The van der Waals surface area contributed by atoms with E-state index in [-0.39, 0.29) is 0 Å². The normalized spacial score (nSPS) is 20.6. The summed E-state index contributed by atoms with van der Waals surface area (Å²) in [6, 6.07) is 3.76. The number of rotatable bonds is 4. The largest absolute Gasteiger partial charge is 0.326 e. The molecule has 1 aromatic heterocycles. The van der Waals surface area contributed by atoms with Gasteiger partial charge in [-0.25, -0.2) is 4.98 Å². The maximum absolute atomic E-state index is 6.17. The van der Waals surface area contributed by atoms with E-state index >= 15 is 0 Å². The molecule has 2 aromatic rings. The van der Waals surface area contributed by atoms with Gasteiger partial charge in [-0.3, -0.25) is 0 Å². The molecule has 2 aliphatic rings. The van der Waals surface area contributed by atoms with Crippen LogP contribution in [0.1, 0.15) is 31.5 Å². The first-order valence-electron chi connectivity index (χ1n) is 7.03. The first-order chi connectivity index (χ1) is 9.63. The standard InChI is InChI=1S/C15H15Cl3N2/c16-7-14-19-12-5-10(17)11(18)6-13(12)20(14)8-15(3-4-15)9-1-2-9/h5-6,9H,1-4,7-8H2. The van der Waals surface area contributed by atoms with Crippen LogP contribution in [0.15, 0.2) is 12.1 Å². The predicted octanol–water partition coefficient (Wildman–Crippen LogP) is 5.27. The lowest BCUT2D eigenvalue weighted by Gasteiger charge is -2.17. The third-order valence-electron chi connectivity index (χ3n) is 4.80. The molecule has 5 heteroatoms. The summed E-state index contributed by atoms with van der Waals surface area (Å²) in [5, 5.41) is 1.13. The van der Waals surface area contributed by atoms with Crippen molar-refractivity contribution in [3.05, 3.63) is 28.0 Å². The number of hydrogen-bond donors (Lipinski definition) is 0. The molecule has 0 aliphatic heterocycles. The molecule has 0 spiro atoms. The number of aromatic nitrogens is 2. The molecule has 1 heterocycles. The Bertz CT molecular complexity index is 684. The summed E-state index contributed by atoms with van der Waals surface area (Å²) in [7, 11) is 0. The van der Waals surface area contributed by atoms with E-state index in [1.54, 1.807) is 0 Å². The maximum atomic E-state index is 6.17. The average Bonchev–Trinajstić information content (AvgIpc) is 3.30. The highest BCUT2D eigenvalue weighted by Crippen LogP contribution is 2.62. The molecule has 0 saturated heterocycles. The van der Waals surface area contributed by atoms with Crippen molar-refractivity contribution >= 4 is 45.8 Å². The quantitative estimate of drug-likeness (QED) is 0.698. The van der Waals surface area contributed by atoms with Gasteiger partial charge in [0.1, 0.15) is 5.82 Å². The molecule has 0 unspecified atom stereocenters. The van der Waals surface area contributed by atoms with Crippen LogP contribution in [0.25, 0.3) is 11.0 Å². The van der Waals surface area contributed by atoms with E-state index in [0.29, 0.717) is 21.3 Å². The van der Waals surface area contributed by atoms with Gasteiger partial charge >= 0.3 is 0 Å². The van der Waals surface area contributed by atoms with Crippen molar-refractivity contribution in [2.24, 2.45) is 11.3 Å². The van der Waals surface area contributed by atoms with Gasteiger partial charge < -0.3 is 4.57 Å². The zero-order valence-electron chi connectivity index (χ0n) is 11.0.